The molecule has 0 amide bonds. The van der Waals surface area contributed by atoms with Crippen LogP contribution in [-0.2, 0) is 0 Å². The second-order valence-corrected chi connectivity index (χ2v) is 8.20. The van der Waals surface area contributed by atoms with E-state index in [0.717, 1.165) is 41.9 Å². The van der Waals surface area contributed by atoms with Gasteiger partial charge in [0.2, 0.25) is 4.96 Å². The highest BCUT2D eigenvalue weighted by Crippen LogP contribution is 2.21. The molecular weight excluding hydrogens is 410 g/mol. The average molecular weight is 436 g/mol. The normalized spacial score (nSPS) is 11.9. The molecular formula is C24H25N3O3S. The maximum atomic E-state index is 12.8. The maximum Gasteiger partial charge on any atom is 0.291 e. The largest absolute Gasteiger partial charge is 0.494 e. The fourth-order valence-electron chi connectivity index (χ4n) is 3.02. The number of rotatable bonds is 9. The first-order valence-corrected chi connectivity index (χ1v) is 11.4. The van der Waals surface area contributed by atoms with Crippen molar-refractivity contribution in [3.63, 3.8) is 0 Å². The molecule has 2 heterocycles. The first-order chi connectivity index (χ1) is 15.2. The van der Waals surface area contributed by atoms with Crippen molar-refractivity contribution in [2.24, 2.45) is 0 Å². The van der Waals surface area contributed by atoms with Crippen LogP contribution in [-0.4, -0.2) is 27.8 Å². The van der Waals surface area contributed by atoms with Gasteiger partial charge in [-0.2, -0.15) is 9.50 Å². The summed E-state index contributed by atoms with van der Waals surface area (Å²) in [7, 11) is 0. The van der Waals surface area contributed by atoms with Crippen molar-refractivity contribution >= 4 is 22.4 Å². The Labute approximate surface area is 184 Å². The summed E-state index contributed by atoms with van der Waals surface area (Å²) in [5, 5.41) is 4.42. The van der Waals surface area contributed by atoms with Crippen molar-refractivity contribution in [1.29, 1.82) is 0 Å². The van der Waals surface area contributed by atoms with Crippen LogP contribution < -0.4 is 19.6 Å². The molecule has 31 heavy (non-hydrogen) atoms. The summed E-state index contributed by atoms with van der Waals surface area (Å²) in [5.74, 6) is 2.19. The van der Waals surface area contributed by atoms with E-state index in [4.69, 9.17) is 9.47 Å². The average Bonchev–Trinajstić information content (AvgIpc) is 3.33. The van der Waals surface area contributed by atoms with Crippen LogP contribution in [0.2, 0.25) is 0 Å². The topological polar surface area (TPSA) is 65.7 Å². The van der Waals surface area contributed by atoms with Gasteiger partial charge >= 0.3 is 0 Å². The van der Waals surface area contributed by atoms with Crippen LogP contribution in [0, 0.1) is 0 Å². The predicted molar refractivity (Wildman–Crippen MR) is 124 cm³/mol. The molecule has 0 saturated carbocycles. The van der Waals surface area contributed by atoms with Crippen molar-refractivity contribution in [3.05, 3.63) is 69.0 Å². The Morgan fingerprint density at radius 1 is 0.935 bits per heavy atom. The fraction of sp³-hybridized carbons (Fsp3) is 0.292. The Kier molecular flexibility index (Phi) is 6.62. The number of benzene rings is 2. The Bertz CT molecular complexity index is 1240. The van der Waals surface area contributed by atoms with Crippen LogP contribution in [0.3, 0.4) is 0 Å². The van der Waals surface area contributed by atoms with E-state index in [1.165, 1.54) is 15.9 Å². The van der Waals surface area contributed by atoms with Crippen molar-refractivity contribution in [2.75, 3.05) is 13.2 Å². The number of ether oxygens (including phenoxy) is 2. The van der Waals surface area contributed by atoms with Crippen LogP contribution in [0.15, 0.2) is 53.3 Å². The zero-order chi connectivity index (χ0) is 21.6. The van der Waals surface area contributed by atoms with E-state index in [2.05, 4.69) is 23.9 Å². The van der Waals surface area contributed by atoms with Gasteiger partial charge < -0.3 is 9.47 Å². The molecule has 0 atom stereocenters. The van der Waals surface area contributed by atoms with E-state index in [-0.39, 0.29) is 5.56 Å². The third kappa shape index (κ3) is 4.94. The number of aromatic nitrogens is 3. The number of thiazole rings is 1. The Hall–Kier alpha value is -3.19. The van der Waals surface area contributed by atoms with Gasteiger partial charge in [0.25, 0.3) is 5.56 Å². The molecule has 0 aliphatic carbocycles. The highest BCUT2D eigenvalue weighted by Gasteiger charge is 2.12. The molecule has 0 bridgehead atoms. The molecule has 0 aliphatic rings. The van der Waals surface area contributed by atoms with Gasteiger partial charge in [0, 0.05) is 5.56 Å². The second kappa shape index (κ2) is 9.75. The van der Waals surface area contributed by atoms with Gasteiger partial charge in [0.05, 0.1) is 17.7 Å². The number of unbranched alkanes of at least 4 members (excludes halogenated alkanes) is 1. The van der Waals surface area contributed by atoms with Gasteiger partial charge in [0.1, 0.15) is 11.5 Å². The molecule has 2 aromatic heterocycles. The number of hydrogen-bond acceptors (Lipinski definition) is 6. The molecule has 7 heteroatoms. The minimum atomic E-state index is -0.162. The molecule has 4 aromatic rings. The summed E-state index contributed by atoms with van der Waals surface area (Å²) in [4.78, 5) is 17.9. The van der Waals surface area contributed by atoms with E-state index in [1.807, 2.05) is 54.6 Å². The van der Waals surface area contributed by atoms with Crippen LogP contribution in [0.25, 0.3) is 22.4 Å². The van der Waals surface area contributed by atoms with E-state index in [1.54, 1.807) is 0 Å². The van der Waals surface area contributed by atoms with Crippen LogP contribution in [0.1, 0.15) is 38.7 Å². The second-order valence-electron chi connectivity index (χ2n) is 7.19. The van der Waals surface area contributed by atoms with E-state index >= 15 is 0 Å². The summed E-state index contributed by atoms with van der Waals surface area (Å²) in [5.41, 5.74) is 1.63. The van der Waals surface area contributed by atoms with Gasteiger partial charge in [-0.05, 0) is 60.9 Å². The monoisotopic (exact) mass is 435 g/mol. The predicted octanol–water partition coefficient (Wildman–Crippen LogP) is 4.33. The Balaban J connectivity index is 1.54. The summed E-state index contributed by atoms with van der Waals surface area (Å²) in [6.45, 7) is 5.61. The summed E-state index contributed by atoms with van der Waals surface area (Å²) in [6.07, 6.45) is 4.95. The fourth-order valence-corrected chi connectivity index (χ4v) is 3.93. The molecule has 4 rings (SSSR count). The molecule has 160 valence electrons. The molecule has 0 unspecified atom stereocenters. The van der Waals surface area contributed by atoms with Gasteiger partial charge in [-0.1, -0.05) is 43.7 Å². The third-order valence-electron chi connectivity index (χ3n) is 4.71. The minimum Gasteiger partial charge on any atom is -0.494 e. The van der Waals surface area contributed by atoms with Gasteiger partial charge in [0.15, 0.2) is 5.82 Å². The standard InChI is InChI=1S/C24H25N3O3S/c1-3-5-15-30-20-12-8-18(9-13-20)22-25-24-27(26-22)23(28)21(31-24)16-17-6-10-19(11-7-17)29-14-4-2/h6-13,16H,3-5,14-15H2,1-2H3. The van der Waals surface area contributed by atoms with Gasteiger partial charge in [-0.25, -0.2) is 0 Å². The van der Waals surface area contributed by atoms with E-state index < -0.39 is 0 Å². The van der Waals surface area contributed by atoms with Crippen LogP contribution in [0.4, 0.5) is 0 Å². The molecule has 0 N–H and O–H groups in total. The lowest BCUT2D eigenvalue weighted by atomic mass is 10.2. The molecule has 0 aliphatic heterocycles. The van der Waals surface area contributed by atoms with E-state index in [9.17, 15) is 4.79 Å². The zero-order valence-corrected chi connectivity index (χ0v) is 18.5. The lowest BCUT2D eigenvalue weighted by Gasteiger charge is -2.05. The highest BCUT2D eigenvalue weighted by molar-refractivity contribution is 7.15. The number of hydrogen-bond donors (Lipinski definition) is 0. The number of fused-ring (bicyclic) bond motifs is 1. The van der Waals surface area contributed by atoms with Crippen LogP contribution >= 0.6 is 11.3 Å². The first kappa shape index (κ1) is 21.1. The Morgan fingerprint density at radius 2 is 1.61 bits per heavy atom. The van der Waals surface area contributed by atoms with Crippen molar-refractivity contribution in [2.45, 2.75) is 33.1 Å². The quantitative estimate of drug-likeness (QED) is 0.366. The van der Waals surface area contributed by atoms with Crippen molar-refractivity contribution < 1.29 is 9.47 Å². The molecule has 0 radical (unpaired) electrons. The molecule has 0 saturated heterocycles. The van der Waals surface area contributed by atoms with E-state index in [0.29, 0.717) is 28.5 Å². The molecule has 0 spiro atoms. The highest BCUT2D eigenvalue weighted by atomic mass is 32.1. The molecule has 6 nitrogen and oxygen atoms in total. The van der Waals surface area contributed by atoms with Crippen molar-refractivity contribution in [3.8, 4) is 22.9 Å². The lowest BCUT2D eigenvalue weighted by Crippen LogP contribution is -2.23. The van der Waals surface area contributed by atoms with Crippen LogP contribution in [0.5, 0.6) is 11.5 Å². The molecule has 2 aromatic carbocycles. The third-order valence-corrected chi connectivity index (χ3v) is 5.67. The SMILES string of the molecule is CCCCOc1ccc(-c2nc3sc(=Cc4ccc(OCCC)cc4)c(=O)n3n2)cc1. The Morgan fingerprint density at radius 3 is 2.26 bits per heavy atom. The van der Waals surface area contributed by atoms with Crippen molar-refractivity contribution in [1.82, 2.24) is 14.6 Å². The minimum absolute atomic E-state index is 0.162. The maximum absolute atomic E-state index is 12.8. The van der Waals surface area contributed by atoms with Gasteiger partial charge in [-0.3, -0.25) is 4.79 Å². The first-order valence-electron chi connectivity index (χ1n) is 10.6. The smallest absolute Gasteiger partial charge is 0.291 e. The zero-order valence-electron chi connectivity index (χ0n) is 17.7. The number of nitrogens with zero attached hydrogens (tertiary/aromatic N) is 3. The summed E-state index contributed by atoms with van der Waals surface area (Å²) < 4.78 is 13.3. The van der Waals surface area contributed by atoms with Gasteiger partial charge in [-0.15, -0.1) is 5.10 Å². The summed E-state index contributed by atoms with van der Waals surface area (Å²) >= 11 is 1.33. The summed E-state index contributed by atoms with van der Waals surface area (Å²) in [6, 6.07) is 15.4. The molecule has 0 fully saturated rings. The lowest BCUT2D eigenvalue weighted by molar-refractivity contribution is 0.309.